The van der Waals surface area contributed by atoms with Gasteiger partial charge in [0.05, 0.1) is 6.10 Å². The summed E-state index contributed by atoms with van der Waals surface area (Å²) >= 11 is 0. The Hall–Kier alpha value is -1.19. The normalized spacial score (nSPS) is 14.7. The number of aliphatic hydroxyl groups is 2. The van der Waals surface area contributed by atoms with E-state index in [1.165, 1.54) is 6.92 Å². The fourth-order valence-corrected chi connectivity index (χ4v) is 1.36. The van der Waals surface area contributed by atoms with Crippen LogP contribution in [-0.4, -0.2) is 22.1 Å². The lowest BCUT2D eigenvalue weighted by Gasteiger charge is -2.16. The SMILES string of the molecule is CCC(O)C(O)c1ccc(C(C)=O)cc1. The highest BCUT2D eigenvalue weighted by Gasteiger charge is 2.16. The van der Waals surface area contributed by atoms with Crippen LogP contribution in [0.4, 0.5) is 0 Å². The van der Waals surface area contributed by atoms with Crippen molar-refractivity contribution in [3.8, 4) is 0 Å². The molecule has 0 fully saturated rings. The van der Waals surface area contributed by atoms with Crippen molar-refractivity contribution in [2.75, 3.05) is 0 Å². The van der Waals surface area contributed by atoms with Gasteiger partial charge in [-0.25, -0.2) is 0 Å². The molecule has 0 amide bonds. The van der Waals surface area contributed by atoms with Gasteiger partial charge in [0.2, 0.25) is 0 Å². The molecule has 0 bridgehead atoms. The molecule has 1 aromatic rings. The monoisotopic (exact) mass is 208 g/mol. The third-order valence-electron chi connectivity index (χ3n) is 2.44. The number of rotatable bonds is 4. The topological polar surface area (TPSA) is 57.5 Å². The summed E-state index contributed by atoms with van der Waals surface area (Å²) in [5, 5.41) is 19.1. The molecule has 0 radical (unpaired) electrons. The number of carbonyl (C=O) groups is 1. The lowest BCUT2D eigenvalue weighted by Crippen LogP contribution is -2.16. The van der Waals surface area contributed by atoms with Gasteiger partial charge in [-0.05, 0) is 18.9 Å². The van der Waals surface area contributed by atoms with E-state index in [-0.39, 0.29) is 5.78 Å². The van der Waals surface area contributed by atoms with Gasteiger partial charge in [0.25, 0.3) is 0 Å². The average molecular weight is 208 g/mol. The van der Waals surface area contributed by atoms with Gasteiger partial charge in [0.1, 0.15) is 6.10 Å². The van der Waals surface area contributed by atoms with Crippen molar-refractivity contribution in [3.63, 3.8) is 0 Å². The van der Waals surface area contributed by atoms with Crippen LogP contribution in [0, 0.1) is 0 Å². The molecule has 0 saturated heterocycles. The minimum absolute atomic E-state index is 0.00733. The molecule has 0 aromatic heterocycles. The summed E-state index contributed by atoms with van der Waals surface area (Å²) in [5.41, 5.74) is 1.24. The van der Waals surface area contributed by atoms with Gasteiger partial charge in [0.15, 0.2) is 5.78 Å². The molecule has 2 N–H and O–H groups in total. The lowest BCUT2D eigenvalue weighted by atomic mass is 10.0. The number of Topliss-reactive ketones (excluding diaryl/α,β-unsaturated/α-hetero) is 1. The first-order valence-electron chi connectivity index (χ1n) is 5.03. The van der Waals surface area contributed by atoms with E-state index < -0.39 is 12.2 Å². The Kier molecular flexibility index (Phi) is 4.00. The average Bonchev–Trinajstić information content (AvgIpc) is 2.27. The van der Waals surface area contributed by atoms with Crippen molar-refractivity contribution in [2.24, 2.45) is 0 Å². The largest absolute Gasteiger partial charge is 0.390 e. The fraction of sp³-hybridized carbons (Fsp3) is 0.417. The maximum absolute atomic E-state index is 11.0. The van der Waals surface area contributed by atoms with Crippen LogP contribution in [0.3, 0.4) is 0 Å². The Balaban J connectivity index is 2.84. The first kappa shape index (κ1) is 11.9. The third kappa shape index (κ3) is 2.88. The summed E-state index contributed by atoms with van der Waals surface area (Å²) in [6, 6.07) is 6.65. The van der Waals surface area contributed by atoms with E-state index in [2.05, 4.69) is 0 Å². The van der Waals surface area contributed by atoms with Gasteiger partial charge in [-0.3, -0.25) is 4.79 Å². The van der Waals surface area contributed by atoms with Gasteiger partial charge >= 0.3 is 0 Å². The van der Waals surface area contributed by atoms with Crippen LogP contribution in [0.25, 0.3) is 0 Å². The molecule has 2 atom stereocenters. The smallest absolute Gasteiger partial charge is 0.159 e. The molecule has 0 aliphatic rings. The molecule has 1 rings (SSSR count). The number of aliphatic hydroxyl groups excluding tert-OH is 2. The van der Waals surface area contributed by atoms with Crippen LogP contribution < -0.4 is 0 Å². The molecule has 1 aromatic carbocycles. The zero-order valence-corrected chi connectivity index (χ0v) is 8.97. The second kappa shape index (κ2) is 5.05. The minimum atomic E-state index is -0.879. The van der Waals surface area contributed by atoms with Crippen molar-refractivity contribution >= 4 is 5.78 Å². The maximum Gasteiger partial charge on any atom is 0.159 e. The second-order valence-electron chi connectivity index (χ2n) is 3.60. The molecule has 0 aliphatic heterocycles. The first-order chi connectivity index (χ1) is 7.06. The van der Waals surface area contributed by atoms with Crippen LogP contribution in [0.2, 0.25) is 0 Å². The Labute approximate surface area is 89.4 Å². The van der Waals surface area contributed by atoms with Crippen molar-refractivity contribution in [2.45, 2.75) is 32.5 Å². The summed E-state index contributed by atoms with van der Waals surface area (Å²) in [7, 11) is 0. The minimum Gasteiger partial charge on any atom is -0.390 e. The zero-order valence-electron chi connectivity index (χ0n) is 8.97. The van der Waals surface area contributed by atoms with E-state index in [1.807, 2.05) is 0 Å². The number of benzene rings is 1. The van der Waals surface area contributed by atoms with Crippen LogP contribution in [0.5, 0.6) is 0 Å². The predicted molar refractivity (Wildman–Crippen MR) is 57.7 cm³/mol. The third-order valence-corrected chi connectivity index (χ3v) is 2.44. The predicted octanol–water partition coefficient (Wildman–Crippen LogP) is 1.69. The Bertz CT molecular complexity index is 329. The van der Waals surface area contributed by atoms with E-state index in [1.54, 1.807) is 31.2 Å². The van der Waals surface area contributed by atoms with Crippen molar-refractivity contribution < 1.29 is 15.0 Å². The Morgan fingerprint density at radius 2 is 1.80 bits per heavy atom. The number of hydrogen-bond donors (Lipinski definition) is 2. The maximum atomic E-state index is 11.0. The molecule has 15 heavy (non-hydrogen) atoms. The standard InChI is InChI=1S/C12H16O3/c1-3-11(14)12(15)10-6-4-9(5-7-10)8(2)13/h4-7,11-12,14-15H,3H2,1-2H3. The molecule has 2 unspecified atom stereocenters. The highest BCUT2D eigenvalue weighted by atomic mass is 16.3. The zero-order chi connectivity index (χ0) is 11.4. The van der Waals surface area contributed by atoms with Gasteiger partial charge in [-0.1, -0.05) is 31.2 Å². The van der Waals surface area contributed by atoms with E-state index >= 15 is 0 Å². The van der Waals surface area contributed by atoms with E-state index in [9.17, 15) is 15.0 Å². The summed E-state index contributed by atoms with van der Waals surface area (Å²) in [4.78, 5) is 11.0. The van der Waals surface area contributed by atoms with E-state index in [0.29, 0.717) is 17.5 Å². The van der Waals surface area contributed by atoms with Crippen LogP contribution in [-0.2, 0) is 0 Å². The molecule has 3 nitrogen and oxygen atoms in total. The lowest BCUT2D eigenvalue weighted by molar-refractivity contribution is 0.0165. The number of carbonyl (C=O) groups excluding carboxylic acids is 1. The molecule has 3 heteroatoms. The molecule has 0 spiro atoms. The molecular weight excluding hydrogens is 192 g/mol. The van der Waals surface area contributed by atoms with Gasteiger partial charge in [-0.2, -0.15) is 0 Å². The first-order valence-corrected chi connectivity index (χ1v) is 5.03. The molecule has 0 aliphatic carbocycles. The molecular formula is C12H16O3. The molecule has 82 valence electrons. The quantitative estimate of drug-likeness (QED) is 0.740. The molecule has 0 heterocycles. The number of hydrogen-bond acceptors (Lipinski definition) is 3. The van der Waals surface area contributed by atoms with Crippen LogP contribution >= 0.6 is 0 Å². The van der Waals surface area contributed by atoms with E-state index in [0.717, 1.165) is 0 Å². The van der Waals surface area contributed by atoms with E-state index in [4.69, 9.17) is 0 Å². The fourth-order valence-electron chi connectivity index (χ4n) is 1.36. The Morgan fingerprint density at radius 3 is 2.20 bits per heavy atom. The van der Waals surface area contributed by atoms with Crippen molar-refractivity contribution in [3.05, 3.63) is 35.4 Å². The second-order valence-corrected chi connectivity index (χ2v) is 3.60. The number of ketones is 1. The van der Waals surface area contributed by atoms with Crippen molar-refractivity contribution in [1.29, 1.82) is 0 Å². The Morgan fingerprint density at radius 1 is 1.27 bits per heavy atom. The van der Waals surface area contributed by atoms with Crippen LogP contribution in [0.1, 0.15) is 42.3 Å². The highest BCUT2D eigenvalue weighted by Crippen LogP contribution is 2.19. The summed E-state index contributed by atoms with van der Waals surface area (Å²) in [6.45, 7) is 3.30. The van der Waals surface area contributed by atoms with Crippen LogP contribution in [0.15, 0.2) is 24.3 Å². The van der Waals surface area contributed by atoms with Crippen molar-refractivity contribution in [1.82, 2.24) is 0 Å². The summed E-state index contributed by atoms with van der Waals surface area (Å²) in [5.74, 6) is -0.00733. The highest BCUT2D eigenvalue weighted by molar-refractivity contribution is 5.94. The van der Waals surface area contributed by atoms with Gasteiger partial charge < -0.3 is 10.2 Å². The van der Waals surface area contributed by atoms with Gasteiger partial charge in [-0.15, -0.1) is 0 Å². The summed E-state index contributed by atoms with van der Waals surface area (Å²) in [6.07, 6.45) is -1.14. The summed E-state index contributed by atoms with van der Waals surface area (Å²) < 4.78 is 0. The molecule has 0 saturated carbocycles. The van der Waals surface area contributed by atoms with Gasteiger partial charge in [0, 0.05) is 5.56 Å².